The van der Waals surface area contributed by atoms with E-state index in [4.69, 9.17) is 0 Å². The molecular weight excluding hydrogens is 138 g/mol. The smallest absolute Gasteiger partial charge is 0 e. The van der Waals surface area contributed by atoms with Gasteiger partial charge < -0.3 is 27.4 Å². The van der Waals surface area contributed by atoms with E-state index in [0.29, 0.717) is 0 Å². The normalized spacial score (nSPS) is 0. The van der Waals surface area contributed by atoms with Gasteiger partial charge in [-0.15, -0.1) is 0 Å². The zero-order valence-electron chi connectivity index (χ0n) is 3.95. The molecule has 7 heteroatoms. The van der Waals surface area contributed by atoms with Crippen LogP contribution in [0.5, 0.6) is 0 Å². The zero-order chi connectivity index (χ0) is 0. The average Bonchev–Trinajstić information content (AvgIpc) is 0. The maximum atomic E-state index is 0. The van der Waals surface area contributed by atoms with E-state index in [1.165, 1.54) is 0 Å². The average molecular weight is 148 g/mol. The monoisotopic (exact) mass is 148 g/mol. The van der Waals surface area contributed by atoms with Crippen LogP contribution in [0.25, 0.3) is 0 Å². The molecule has 0 aliphatic carbocycles. The van der Waals surface area contributed by atoms with Crippen LogP contribution in [0.1, 0.15) is 0 Å². The third kappa shape index (κ3) is 180. The summed E-state index contributed by atoms with van der Waals surface area (Å²) in [7, 11) is 0. The summed E-state index contributed by atoms with van der Waals surface area (Å²) in [5, 5.41) is 0. The van der Waals surface area contributed by atoms with Gasteiger partial charge in [0.1, 0.15) is 0 Å². The van der Waals surface area contributed by atoms with Gasteiger partial charge in [-0.05, 0) is 0 Å². The van der Waals surface area contributed by atoms with Crippen LogP contribution in [-0.4, -0.2) is 46.2 Å². The van der Waals surface area contributed by atoms with Gasteiger partial charge in [-0.3, -0.25) is 0 Å². The molecule has 0 heterocycles. The first-order chi connectivity index (χ1) is 0. The third-order valence-corrected chi connectivity index (χ3v) is 0. The van der Waals surface area contributed by atoms with Gasteiger partial charge in [0.2, 0.25) is 0 Å². The summed E-state index contributed by atoms with van der Waals surface area (Å²) < 4.78 is 0. The molecule has 0 bridgehead atoms. The molecule has 0 aliphatic heterocycles. The van der Waals surface area contributed by atoms with Gasteiger partial charge in [-0.2, -0.15) is 0 Å². The van der Waals surface area contributed by atoms with Crippen LogP contribution in [0.15, 0.2) is 0 Å². The molecule has 0 atom stereocenters. The Labute approximate surface area is 65.1 Å². The topological polar surface area (TPSA) is 158 Å². The van der Waals surface area contributed by atoms with Gasteiger partial charge in [0.05, 0.1) is 0 Å². The van der Waals surface area contributed by atoms with Crippen molar-refractivity contribution in [1.29, 1.82) is 0 Å². The summed E-state index contributed by atoms with van der Waals surface area (Å²) in [6.45, 7) is 0. The van der Waals surface area contributed by atoms with Crippen molar-refractivity contribution >= 4 is 18.9 Å². The molecule has 46 valence electrons. The molecule has 0 aromatic carbocycles. The van der Waals surface area contributed by atoms with E-state index >= 15 is 0 Å². The fraction of sp³-hybridized carbons (Fsp3) is 0. The molecule has 5 nitrogen and oxygen atoms in total. The molecule has 2 radical (unpaired) electrons. The van der Waals surface area contributed by atoms with Crippen molar-refractivity contribution in [2.24, 2.45) is 0 Å². The van der Waals surface area contributed by atoms with Crippen LogP contribution in [0.4, 0.5) is 0 Å². The molecule has 0 amide bonds. The minimum Gasteiger partial charge on any atom is -0.412 e. The largest absolute Gasteiger partial charge is 0.412 e. The summed E-state index contributed by atoms with van der Waals surface area (Å²) in [5.41, 5.74) is 0. The van der Waals surface area contributed by atoms with E-state index in [0.717, 1.165) is 0 Å². The van der Waals surface area contributed by atoms with Crippen LogP contribution in [0.2, 0.25) is 0 Å². The maximum Gasteiger partial charge on any atom is 0 e. The summed E-state index contributed by atoms with van der Waals surface area (Å²) in [6, 6.07) is 0. The molecule has 0 aromatic rings. The van der Waals surface area contributed by atoms with E-state index in [2.05, 4.69) is 0 Å². The Hall–Kier alpha value is 0.982. The van der Waals surface area contributed by atoms with Crippen LogP contribution < -0.4 is 0 Å². The van der Waals surface area contributed by atoms with Gasteiger partial charge in [0.25, 0.3) is 0 Å². The Bertz CT molecular complexity index is 8.04. The van der Waals surface area contributed by atoms with Crippen molar-refractivity contribution < 1.29 is 45.9 Å². The third-order valence-electron chi connectivity index (χ3n) is 0. The summed E-state index contributed by atoms with van der Waals surface area (Å²) in [6.07, 6.45) is 0. The van der Waals surface area contributed by atoms with Gasteiger partial charge in [-0.1, -0.05) is 0 Å². The molecule has 0 unspecified atom stereocenters. The van der Waals surface area contributed by atoms with Gasteiger partial charge in [0, 0.05) is 37.4 Å². The predicted molar refractivity (Wildman–Crippen MR) is 23.8 cm³/mol. The molecule has 10 N–H and O–H groups in total. The second kappa shape index (κ2) is 259. The van der Waals surface area contributed by atoms with Gasteiger partial charge >= 0.3 is 0 Å². The van der Waals surface area contributed by atoms with E-state index in [1.54, 1.807) is 0 Å². The first kappa shape index (κ1) is 404. The summed E-state index contributed by atoms with van der Waals surface area (Å²) in [5.74, 6) is 0. The van der Waals surface area contributed by atoms with Gasteiger partial charge in [-0.25, -0.2) is 0 Å². The van der Waals surface area contributed by atoms with Crippen LogP contribution >= 0.6 is 0 Å². The second-order valence-corrected chi connectivity index (χ2v) is 0. The fourth-order valence-electron chi connectivity index (χ4n) is 0. The molecule has 0 saturated heterocycles. The molecule has 0 rings (SSSR count). The Morgan fingerprint density at radius 3 is 0.429 bits per heavy atom. The second-order valence-electron chi connectivity index (χ2n) is 0. The van der Waals surface area contributed by atoms with Crippen LogP contribution in [0, 0.1) is 0 Å². The maximum absolute atomic E-state index is 0. The summed E-state index contributed by atoms with van der Waals surface area (Å²) >= 11 is 0. The molecule has 0 spiro atoms. The fourth-order valence-corrected chi connectivity index (χ4v) is 0. The number of hydrogen-bond donors (Lipinski definition) is 0. The van der Waals surface area contributed by atoms with Crippen molar-refractivity contribution in [3.05, 3.63) is 0 Å². The minimum atomic E-state index is 0. The van der Waals surface area contributed by atoms with Gasteiger partial charge in [0.15, 0.2) is 0 Å². The molecule has 0 aromatic heterocycles. The standard InChI is InChI=1S/Li.5H2O.V/h;5*1H2;. The Kier molecular flexibility index (Phi) is 14900. The van der Waals surface area contributed by atoms with E-state index in [9.17, 15) is 0 Å². The molecule has 7 heavy (non-hydrogen) atoms. The Balaban J connectivity index is 0. The first-order valence-electron chi connectivity index (χ1n) is 0. The minimum absolute atomic E-state index is 0. The molecule has 0 fully saturated rings. The molecule has 0 saturated carbocycles. The molecular formula is H10LiO5V. The molecule has 0 aliphatic rings. The number of hydrogen-bond acceptors (Lipinski definition) is 0. The van der Waals surface area contributed by atoms with Crippen molar-refractivity contribution in [3.8, 4) is 0 Å². The Morgan fingerprint density at radius 2 is 0.429 bits per heavy atom. The number of rotatable bonds is 0. The van der Waals surface area contributed by atoms with Crippen molar-refractivity contribution in [3.63, 3.8) is 0 Å². The van der Waals surface area contributed by atoms with Crippen LogP contribution in [0.3, 0.4) is 0 Å². The predicted octanol–water partition coefficient (Wildman–Crippen LogP) is -4.51. The van der Waals surface area contributed by atoms with E-state index in [1.807, 2.05) is 0 Å². The van der Waals surface area contributed by atoms with E-state index in [-0.39, 0.29) is 64.8 Å². The zero-order valence-corrected chi connectivity index (χ0v) is 5.34. The summed E-state index contributed by atoms with van der Waals surface area (Å²) in [4.78, 5) is 0. The SMILES string of the molecule is O.O.O.O.O.[Li].[V]. The van der Waals surface area contributed by atoms with Crippen LogP contribution in [-0.2, 0) is 18.6 Å². The Morgan fingerprint density at radius 1 is 0.429 bits per heavy atom. The quantitative estimate of drug-likeness (QED) is 0.303. The van der Waals surface area contributed by atoms with Crippen molar-refractivity contribution in [1.82, 2.24) is 0 Å². The first-order valence-corrected chi connectivity index (χ1v) is 0. The van der Waals surface area contributed by atoms with E-state index < -0.39 is 0 Å². The van der Waals surface area contributed by atoms with Crippen molar-refractivity contribution in [2.75, 3.05) is 0 Å². The van der Waals surface area contributed by atoms with Crippen molar-refractivity contribution in [2.45, 2.75) is 0 Å².